The minimum Gasteiger partial charge on any atom is -0.343 e. The highest BCUT2D eigenvalue weighted by atomic mass is 79.9. The van der Waals surface area contributed by atoms with Crippen LogP contribution in [0.5, 0.6) is 0 Å². The first-order valence-electron chi connectivity index (χ1n) is 8.60. The maximum absolute atomic E-state index is 12.0. The lowest BCUT2D eigenvalue weighted by Gasteiger charge is -2.25. The number of hydrogen-bond acceptors (Lipinski definition) is 5. The second-order valence-corrected chi connectivity index (χ2v) is 8.00. The molecule has 2 heterocycles. The second kappa shape index (κ2) is 9.25. The molecule has 6 nitrogen and oxygen atoms in total. The molecule has 0 bridgehead atoms. The van der Waals surface area contributed by atoms with Gasteiger partial charge in [-0.25, -0.2) is 4.98 Å². The number of halogens is 1. The van der Waals surface area contributed by atoms with E-state index in [-0.39, 0.29) is 18.4 Å². The van der Waals surface area contributed by atoms with Gasteiger partial charge in [-0.2, -0.15) is 0 Å². The topological polar surface area (TPSA) is 74.3 Å². The van der Waals surface area contributed by atoms with E-state index < -0.39 is 0 Å². The van der Waals surface area contributed by atoms with Gasteiger partial charge in [0.25, 0.3) is 5.91 Å². The molecule has 1 aliphatic rings. The Morgan fingerprint density at radius 1 is 1.23 bits per heavy atom. The van der Waals surface area contributed by atoms with Crippen LogP contribution in [0.1, 0.15) is 35.3 Å². The highest BCUT2D eigenvalue weighted by molar-refractivity contribution is 9.10. The summed E-state index contributed by atoms with van der Waals surface area (Å²) in [7, 11) is 0. The number of thiazole rings is 1. The molecule has 138 valence electrons. The van der Waals surface area contributed by atoms with Gasteiger partial charge in [0.1, 0.15) is 0 Å². The first kappa shape index (κ1) is 19.0. The van der Waals surface area contributed by atoms with Crippen LogP contribution in [0.25, 0.3) is 0 Å². The van der Waals surface area contributed by atoms with E-state index in [0.717, 1.165) is 29.8 Å². The number of nitrogens with one attached hydrogen (secondary N) is 2. The SMILES string of the molecule is O=C(CNC(=O)c1cccc(Br)c1)Nc1nc(CN2CCCCC2)cs1. The molecule has 0 saturated carbocycles. The molecule has 0 radical (unpaired) electrons. The lowest BCUT2D eigenvalue weighted by molar-refractivity contribution is -0.115. The molecule has 2 N–H and O–H groups in total. The smallest absolute Gasteiger partial charge is 0.251 e. The van der Waals surface area contributed by atoms with Gasteiger partial charge in [0.05, 0.1) is 12.2 Å². The van der Waals surface area contributed by atoms with Crippen LogP contribution in [-0.2, 0) is 11.3 Å². The van der Waals surface area contributed by atoms with Crippen LogP contribution in [0.15, 0.2) is 34.1 Å². The quantitative estimate of drug-likeness (QED) is 0.728. The van der Waals surface area contributed by atoms with Crippen LogP contribution >= 0.6 is 27.3 Å². The summed E-state index contributed by atoms with van der Waals surface area (Å²) < 4.78 is 0.818. The molecule has 0 unspecified atom stereocenters. The van der Waals surface area contributed by atoms with E-state index in [2.05, 4.69) is 36.4 Å². The molecule has 2 aromatic rings. The Bertz CT molecular complexity index is 774. The summed E-state index contributed by atoms with van der Waals surface area (Å²) in [5.41, 5.74) is 1.48. The number of amides is 2. The third kappa shape index (κ3) is 5.62. The van der Waals surface area contributed by atoms with E-state index in [1.165, 1.54) is 30.6 Å². The van der Waals surface area contributed by atoms with Gasteiger partial charge in [0.15, 0.2) is 5.13 Å². The Balaban J connectivity index is 1.45. The monoisotopic (exact) mass is 436 g/mol. The third-order valence-corrected chi connectivity index (χ3v) is 5.43. The van der Waals surface area contributed by atoms with Crippen molar-refractivity contribution in [2.24, 2.45) is 0 Å². The molecular weight excluding hydrogens is 416 g/mol. The lowest BCUT2D eigenvalue weighted by atomic mass is 10.1. The fourth-order valence-corrected chi connectivity index (χ4v) is 3.96. The van der Waals surface area contributed by atoms with E-state index in [9.17, 15) is 9.59 Å². The number of piperidine rings is 1. The number of nitrogens with zero attached hydrogens (tertiary/aromatic N) is 2. The first-order chi connectivity index (χ1) is 12.6. The molecule has 1 aromatic heterocycles. The first-order valence-corrected chi connectivity index (χ1v) is 10.3. The minimum absolute atomic E-state index is 0.0909. The number of hydrogen-bond donors (Lipinski definition) is 2. The van der Waals surface area contributed by atoms with Gasteiger partial charge in [-0.1, -0.05) is 28.4 Å². The number of carbonyl (C=O) groups excluding carboxylic acids is 2. The third-order valence-electron chi connectivity index (χ3n) is 4.13. The molecule has 0 spiro atoms. The molecule has 1 aromatic carbocycles. The molecule has 0 aliphatic carbocycles. The Kier molecular flexibility index (Phi) is 6.76. The van der Waals surface area contributed by atoms with Crippen LogP contribution in [0.3, 0.4) is 0 Å². The summed E-state index contributed by atoms with van der Waals surface area (Å²) >= 11 is 4.73. The standard InChI is InChI=1S/C18H21BrN4O2S/c19-14-6-4-5-13(9-14)17(25)20-10-16(24)22-18-21-15(12-26-18)11-23-7-2-1-3-8-23/h4-6,9,12H,1-3,7-8,10-11H2,(H,20,25)(H,21,22,24). The zero-order chi connectivity index (χ0) is 18.4. The molecule has 26 heavy (non-hydrogen) atoms. The largest absolute Gasteiger partial charge is 0.343 e. The van der Waals surface area contributed by atoms with Crippen molar-refractivity contribution >= 4 is 44.2 Å². The minimum atomic E-state index is -0.286. The number of aromatic nitrogens is 1. The maximum atomic E-state index is 12.0. The highest BCUT2D eigenvalue weighted by Gasteiger charge is 2.14. The van der Waals surface area contributed by atoms with Crippen molar-refractivity contribution in [2.45, 2.75) is 25.8 Å². The summed E-state index contributed by atoms with van der Waals surface area (Å²) in [6.45, 7) is 2.96. The van der Waals surface area contributed by atoms with E-state index in [4.69, 9.17) is 0 Å². The summed E-state index contributed by atoms with van der Waals surface area (Å²) in [5, 5.41) is 7.90. The molecular formula is C18H21BrN4O2S. The average Bonchev–Trinajstić information content (AvgIpc) is 3.07. The van der Waals surface area contributed by atoms with Gasteiger partial charge in [0, 0.05) is 22.0 Å². The van der Waals surface area contributed by atoms with Crippen molar-refractivity contribution in [3.8, 4) is 0 Å². The van der Waals surface area contributed by atoms with Crippen molar-refractivity contribution in [3.05, 3.63) is 45.4 Å². The number of carbonyl (C=O) groups is 2. The second-order valence-electron chi connectivity index (χ2n) is 6.22. The predicted octanol–water partition coefficient (Wildman–Crippen LogP) is 3.26. The molecule has 1 fully saturated rings. The van der Waals surface area contributed by atoms with Crippen molar-refractivity contribution in [1.82, 2.24) is 15.2 Å². The highest BCUT2D eigenvalue weighted by Crippen LogP contribution is 2.18. The summed E-state index contributed by atoms with van der Waals surface area (Å²) in [4.78, 5) is 30.9. The fourth-order valence-electron chi connectivity index (χ4n) is 2.84. The Labute approximate surface area is 165 Å². The zero-order valence-electron chi connectivity index (χ0n) is 14.3. The van der Waals surface area contributed by atoms with Gasteiger partial charge in [-0.05, 0) is 44.1 Å². The van der Waals surface area contributed by atoms with Crippen molar-refractivity contribution < 1.29 is 9.59 Å². The number of rotatable bonds is 6. The molecule has 1 aliphatic heterocycles. The predicted molar refractivity (Wildman–Crippen MR) is 106 cm³/mol. The lowest BCUT2D eigenvalue weighted by Crippen LogP contribution is -2.32. The Morgan fingerprint density at radius 3 is 2.81 bits per heavy atom. The maximum Gasteiger partial charge on any atom is 0.251 e. The van der Waals surface area contributed by atoms with Crippen LogP contribution in [0.2, 0.25) is 0 Å². The molecule has 3 rings (SSSR count). The van der Waals surface area contributed by atoms with Crippen molar-refractivity contribution in [1.29, 1.82) is 0 Å². The number of likely N-dealkylation sites (tertiary alicyclic amines) is 1. The Morgan fingerprint density at radius 2 is 2.04 bits per heavy atom. The van der Waals surface area contributed by atoms with Crippen molar-refractivity contribution in [2.75, 3.05) is 25.0 Å². The van der Waals surface area contributed by atoms with Crippen LogP contribution in [0.4, 0.5) is 5.13 Å². The summed E-state index contributed by atoms with van der Waals surface area (Å²) in [5.74, 6) is -0.571. The van der Waals surface area contributed by atoms with Crippen molar-refractivity contribution in [3.63, 3.8) is 0 Å². The Hall–Kier alpha value is -1.77. The van der Waals surface area contributed by atoms with E-state index in [1.807, 2.05) is 11.4 Å². The molecule has 0 atom stereocenters. The van der Waals surface area contributed by atoms with Crippen LogP contribution in [0, 0.1) is 0 Å². The summed E-state index contributed by atoms with van der Waals surface area (Å²) in [6, 6.07) is 7.03. The van der Waals surface area contributed by atoms with Gasteiger partial charge in [-0.3, -0.25) is 14.5 Å². The van der Waals surface area contributed by atoms with E-state index in [1.54, 1.807) is 18.2 Å². The molecule has 8 heteroatoms. The van der Waals surface area contributed by atoms with Crippen LogP contribution in [-0.4, -0.2) is 41.3 Å². The fraction of sp³-hybridized carbons (Fsp3) is 0.389. The molecule has 1 saturated heterocycles. The van der Waals surface area contributed by atoms with Gasteiger partial charge >= 0.3 is 0 Å². The van der Waals surface area contributed by atoms with Gasteiger partial charge < -0.3 is 10.6 Å². The van der Waals surface area contributed by atoms with E-state index >= 15 is 0 Å². The molecule has 2 amide bonds. The van der Waals surface area contributed by atoms with Gasteiger partial charge in [-0.15, -0.1) is 11.3 Å². The summed E-state index contributed by atoms with van der Waals surface area (Å²) in [6.07, 6.45) is 3.79. The van der Waals surface area contributed by atoms with Crippen LogP contribution < -0.4 is 10.6 Å². The average molecular weight is 437 g/mol. The normalized spacial score (nSPS) is 14.8. The number of anilines is 1. The van der Waals surface area contributed by atoms with E-state index in [0.29, 0.717) is 10.7 Å². The zero-order valence-corrected chi connectivity index (χ0v) is 16.7. The van der Waals surface area contributed by atoms with Gasteiger partial charge in [0.2, 0.25) is 5.91 Å². The number of benzene rings is 1.